The number of likely N-dealkylation sites (tertiary alicyclic amines) is 1. The molecule has 0 spiro atoms. The largest absolute Gasteiger partial charge is 0.383 e. The highest BCUT2D eigenvalue weighted by Gasteiger charge is 2.29. The lowest BCUT2D eigenvalue weighted by Gasteiger charge is -2.24. The van der Waals surface area contributed by atoms with Crippen molar-refractivity contribution in [2.45, 2.75) is 25.3 Å². The molecule has 5 nitrogen and oxygen atoms in total. The van der Waals surface area contributed by atoms with Crippen LogP contribution in [0.3, 0.4) is 0 Å². The second kappa shape index (κ2) is 6.92. The number of carbonyl (C=O) groups is 2. The number of hydrogen-bond acceptors (Lipinski definition) is 3. The number of nitrogens with one attached hydrogen (secondary N) is 1. The van der Waals surface area contributed by atoms with Gasteiger partial charge in [0.25, 0.3) is 5.91 Å². The Hall–Kier alpha value is -2.66. The third-order valence-corrected chi connectivity index (χ3v) is 5.19. The Morgan fingerprint density at radius 3 is 2.73 bits per heavy atom. The Morgan fingerprint density at radius 1 is 1.19 bits per heavy atom. The average molecular weight is 350 g/mol. The lowest BCUT2D eigenvalue weighted by atomic mass is 10.0. The molecule has 1 N–H and O–H groups in total. The highest BCUT2D eigenvalue weighted by Crippen LogP contribution is 2.29. The number of ether oxygens (including phenoxy) is 1. The van der Waals surface area contributed by atoms with Crippen molar-refractivity contribution >= 4 is 17.5 Å². The molecule has 0 aliphatic carbocycles. The normalized spacial score (nSPS) is 18.7. The van der Waals surface area contributed by atoms with Gasteiger partial charge in [0, 0.05) is 24.9 Å². The van der Waals surface area contributed by atoms with E-state index in [1.54, 1.807) is 7.11 Å². The first kappa shape index (κ1) is 16.8. The van der Waals surface area contributed by atoms with E-state index in [0.29, 0.717) is 18.6 Å². The molecule has 4 rings (SSSR count). The number of hydrogen-bond donors (Lipinski definition) is 1. The summed E-state index contributed by atoms with van der Waals surface area (Å²) < 4.78 is 5.24. The van der Waals surface area contributed by atoms with Gasteiger partial charge in [0.15, 0.2) is 0 Å². The predicted molar refractivity (Wildman–Crippen MR) is 100 cm³/mol. The van der Waals surface area contributed by atoms with E-state index in [0.717, 1.165) is 41.8 Å². The summed E-state index contributed by atoms with van der Waals surface area (Å²) in [5.74, 6) is 0.106. The van der Waals surface area contributed by atoms with Crippen LogP contribution in [0.1, 0.15) is 28.8 Å². The van der Waals surface area contributed by atoms with Gasteiger partial charge in [0.05, 0.1) is 19.1 Å². The van der Waals surface area contributed by atoms with Crippen molar-refractivity contribution in [3.05, 3.63) is 53.6 Å². The predicted octanol–water partition coefficient (Wildman–Crippen LogP) is 3.10. The molecule has 134 valence electrons. The molecule has 2 aromatic carbocycles. The van der Waals surface area contributed by atoms with Crippen molar-refractivity contribution < 1.29 is 14.3 Å². The number of nitrogens with zero attached hydrogens (tertiary/aromatic N) is 1. The maximum absolute atomic E-state index is 12.8. The molecule has 2 aromatic rings. The monoisotopic (exact) mass is 350 g/mol. The minimum Gasteiger partial charge on any atom is -0.383 e. The van der Waals surface area contributed by atoms with Gasteiger partial charge < -0.3 is 15.0 Å². The van der Waals surface area contributed by atoms with Crippen LogP contribution in [0.15, 0.2) is 42.5 Å². The summed E-state index contributed by atoms with van der Waals surface area (Å²) in [4.78, 5) is 26.2. The van der Waals surface area contributed by atoms with Crippen LogP contribution < -0.4 is 5.32 Å². The van der Waals surface area contributed by atoms with Crippen molar-refractivity contribution in [3.8, 4) is 11.1 Å². The molecular formula is C21H22N2O3. The summed E-state index contributed by atoms with van der Waals surface area (Å²) in [6, 6.07) is 13.9. The first-order chi connectivity index (χ1) is 12.7. The van der Waals surface area contributed by atoms with E-state index in [1.165, 1.54) is 0 Å². The van der Waals surface area contributed by atoms with Crippen LogP contribution in [0.5, 0.6) is 0 Å². The van der Waals surface area contributed by atoms with Gasteiger partial charge in [-0.2, -0.15) is 0 Å². The van der Waals surface area contributed by atoms with E-state index >= 15 is 0 Å². The summed E-state index contributed by atoms with van der Waals surface area (Å²) in [6.07, 6.45) is 2.45. The first-order valence-electron chi connectivity index (χ1n) is 8.99. The fourth-order valence-corrected chi connectivity index (χ4v) is 3.85. The maximum Gasteiger partial charge on any atom is 0.254 e. The summed E-state index contributed by atoms with van der Waals surface area (Å²) in [6.45, 7) is 1.38. The van der Waals surface area contributed by atoms with Crippen molar-refractivity contribution in [1.82, 2.24) is 4.90 Å². The molecule has 0 bridgehead atoms. The zero-order valence-electron chi connectivity index (χ0n) is 14.8. The lowest BCUT2D eigenvalue weighted by molar-refractivity contribution is -0.115. The minimum atomic E-state index is 0.0364. The first-order valence-corrected chi connectivity index (χ1v) is 8.99. The van der Waals surface area contributed by atoms with E-state index in [9.17, 15) is 9.59 Å². The highest BCUT2D eigenvalue weighted by molar-refractivity contribution is 6.00. The van der Waals surface area contributed by atoms with Crippen molar-refractivity contribution in [2.24, 2.45) is 0 Å². The average Bonchev–Trinajstić information content (AvgIpc) is 3.26. The van der Waals surface area contributed by atoms with E-state index in [-0.39, 0.29) is 17.9 Å². The summed E-state index contributed by atoms with van der Waals surface area (Å²) in [7, 11) is 1.68. The van der Waals surface area contributed by atoms with E-state index in [2.05, 4.69) is 5.32 Å². The quantitative estimate of drug-likeness (QED) is 0.922. The second-order valence-electron chi connectivity index (χ2n) is 6.92. The fourth-order valence-electron chi connectivity index (χ4n) is 3.85. The van der Waals surface area contributed by atoms with Gasteiger partial charge in [-0.05, 0) is 53.8 Å². The van der Waals surface area contributed by atoms with Crippen LogP contribution >= 0.6 is 0 Å². The maximum atomic E-state index is 12.8. The molecular weight excluding hydrogens is 328 g/mol. The van der Waals surface area contributed by atoms with Crippen molar-refractivity contribution in [1.29, 1.82) is 0 Å². The topological polar surface area (TPSA) is 58.6 Å². The van der Waals surface area contributed by atoms with Gasteiger partial charge in [0.2, 0.25) is 5.91 Å². The van der Waals surface area contributed by atoms with E-state index in [4.69, 9.17) is 4.74 Å². The Morgan fingerprint density at radius 2 is 1.96 bits per heavy atom. The van der Waals surface area contributed by atoms with Gasteiger partial charge >= 0.3 is 0 Å². The summed E-state index contributed by atoms with van der Waals surface area (Å²) in [5.41, 5.74) is 4.71. The number of fused-ring (bicyclic) bond motifs is 1. The molecule has 1 fully saturated rings. The van der Waals surface area contributed by atoms with Gasteiger partial charge in [-0.25, -0.2) is 0 Å². The highest BCUT2D eigenvalue weighted by atomic mass is 16.5. The Labute approximate surface area is 153 Å². The molecule has 0 radical (unpaired) electrons. The van der Waals surface area contributed by atoms with Crippen LogP contribution in [0.25, 0.3) is 11.1 Å². The summed E-state index contributed by atoms with van der Waals surface area (Å²) >= 11 is 0. The number of benzene rings is 2. The zero-order chi connectivity index (χ0) is 18.1. The number of rotatable bonds is 4. The van der Waals surface area contributed by atoms with Crippen LogP contribution in [0.4, 0.5) is 5.69 Å². The molecule has 0 unspecified atom stereocenters. The van der Waals surface area contributed by atoms with Crippen LogP contribution in [-0.4, -0.2) is 43.0 Å². The Kier molecular flexibility index (Phi) is 4.47. The Bertz CT molecular complexity index is 845. The lowest BCUT2D eigenvalue weighted by Crippen LogP contribution is -2.38. The zero-order valence-corrected chi connectivity index (χ0v) is 14.8. The third kappa shape index (κ3) is 3.10. The molecule has 0 saturated carbocycles. The molecule has 1 atom stereocenters. The standard InChI is InChI=1S/C21H22N2O3/c1-26-13-18-3-2-10-23(18)21(25)15-6-4-14(5-7-15)16-8-9-19-17(11-16)12-20(24)22-19/h4-9,11,18H,2-3,10,12-13H2,1H3,(H,22,24)/t18-/m0/s1. The van der Waals surface area contributed by atoms with Crippen molar-refractivity contribution in [3.63, 3.8) is 0 Å². The number of methoxy groups -OCH3 is 1. The molecule has 2 aliphatic rings. The smallest absolute Gasteiger partial charge is 0.254 e. The molecule has 0 aromatic heterocycles. The number of carbonyl (C=O) groups excluding carboxylic acids is 2. The number of anilines is 1. The molecule has 5 heteroatoms. The van der Waals surface area contributed by atoms with Gasteiger partial charge in [-0.1, -0.05) is 18.2 Å². The van der Waals surface area contributed by atoms with Crippen molar-refractivity contribution in [2.75, 3.05) is 25.6 Å². The molecule has 2 heterocycles. The SMILES string of the molecule is COC[C@@H]1CCCN1C(=O)c1ccc(-c2ccc3c(c2)CC(=O)N3)cc1. The van der Waals surface area contributed by atoms with E-state index in [1.807, 2.05) is 47.4 Å². The molecule has 26 heavy (non-hydrogen) atoms. The fraction of sp³-hybridized carbons (Fsp3) is 0.333. The third-order valence-electron chi connectivity index (χ3n) is 5.19. The molecule has 2 aliphatic heterocycles. The van der Waals surface area contributed by atoms with Gasteiger partial charge in [-0.3, -0.25) is 9.59 Å². The second-order valence-corrected chi connectivity index (χ2v) is 6.92. The van der Waals surface area contributed by atoms with E-state index < -0.39 is 0 Å². The molecule has 2 amide bonds. The minimum absolute atomic E-state index is 0.0364. The van der Waals surface area contributed by atoms with Crippen LogP contribution in [0, 0.1) is 0 Å². The number of amides is 2. The van der Waals surface area contributed by atoms with Crippen LogP contribution in [0.2, 0.25) is 0 Å². The van der Waals surface area contributed by atoms with Crippen LogP contribution in [-0.2, 0) is 16.0 Å². The molecule has 1 saturated heterocycles. The van der Waals surface area contributed by atoms with Gasteiger partial charge in [-0.15, -0.1) is 0 Å². The van der Waals surface area contributed by atoms with Gasteiger partial charge in [0.1, 0.15) is 0 Å². The Balaban J connectivity index is 1.53. The summed E-state index contributed by atoms with van der Waals surface area (Å²) in [5, 5.41) is 2.85.